The molecule has 0 saturated heterocycles. The molecule has 0 fully saturated rings. The molecule has 4 atom stereocenters. The minimum Gasteiger partial charge on any atom is -0.485 e. The topological polar surface area (TPSA) is 24.5 Å². The summed E-state index contributed by atoms with van der Waals surface area (Å²) in [5.41, 5.74) is 12.1. The Kier molecular flexibility index (Phi) is 6.45. The minimum atomic E-state index is -0.0675. The monoisotopic (exact) mass is 630 g/mol. The Morgan fingerprint density at radius 3 is 2.06 bits per heavy atom. The van der Waals surface area contributed by atoms with Crippen molar-refractivity contribution in [3.63, 3.8) is 0 Å². The first-order valence-corrected chi connectivity index (χ1v) is 17.2. The molecule has 3 nitrogen and oxygen atoms in total. The zero-order valence-corrected chi connectivity index (χ0v) is 26.9. The molecule has 4 unspecified atom stereocenters. The molecule has 3 heteroatoms. The van der Waals surface area contributed by atoms with E-state index in [1.165, 1.54) is 49.8 Å². The van der Waals surface area contributed by atoms with Crippen LogP contribution in [0, 0.1) is 0 Å². The molecule has 0 spiro atoms. The number of ether oxygens (including phenoxy) is 1. The fourth-order valence-corrected chi connectivity index (χ4v) is 8.10. The van der Waals surface area contributed by atoms with Crippen molar-refractivity contribution >= 4 is 27.8 Å². The number of anilines is 3. The Bertz CT molecular complexity index is 2350. The highest BCUT2D eigenvalue weighted by molar-refractivity contribution is 5.86. The Labute approximate surface area is 286 Å². The first-order valence-electron chi connectivity index (χ1n) is 17.2. The fraction of sp³-hybridized carbons (Fsp3) is 0.0870. The van der Waals surface area contributed by atoms with Crippen LogP contribution in [-0.4, -0.2) is 12.1 Å². The van der Waals surface area contributed by atoms with E-state index < -0.39 is 0 Å². The van der Waals surface area contributed by atoms with Gasteiger partial charge in [-0.3, -0.25) is 0 Å². The highest BCUT2D eigenvalue weighted by atomic mass is 16.5. The molecule has 4 aliphatic rings. The van der Waals surface area contributed by atoms with Crippen molar-refractivity contribution in [3.8, 4) is 28.0 Å². The summed E-state index contributed by atoms with van der Waals surface area (Å²) < 4.78 is 6.64. The number of benzene rings is 6. The third kappa shape index (κ3) is 4.73. The van der Waals surface area contributed by atoms with Crippen molar-refractivity contribution < 1.29 is 4.74 Å². The van der Waals surface area contributed by atoms with Gasteiger partial charge >= 0.3 is 0 Å². The second-order valence-corrected chi connectivity index (χ2v) is 13.3. The highest BCUT2D eigenvalue weighted by Crippen LogP contribution is 2.47. The summed E-state index contributed by atoms with van der Waals surface area (Å²) >= 11 is 0. The molecule has 2 aliphatic carbocycles. The van der Waals surface area contributed by atoms with Gasteiger partial charge in [-0.05, 0) is 93.2 Å². The zero-order valence-electron chi connectivity index (χ0n) is 26.9. The highest BCUT2D eigenvalue weighted by Gasteiger charge is 2.35. The maximum atomic E-state index is 6.64. The standard InChI is InChI=1S/C46H34N2O/c1-2-9-30(10-3-1)31-17-21-35(22-18-31)48(37-25-26-39-41-27-33-11-4-5-12-34(33)28-44(41)49-45(39)29-37)36-23-19-32(20-24-36)38-14-8-16-43-46(38)40-13-6-7-15-42(40)47-43/h1-29,39-40,42,45,47H. The number of hydrogen-bond acceptors (Lipinski definition) is 3. The Morgan fingerprint density at radius 2 is 1.27 bits per heavy atom. The van der Waals surface area contributed by atoms with Crippen LogP contribution in [0.5, 0.6) is 5.75 Å². The van der Waals surface area contributed by atoms with Gasteiger partial charge in [0.25, 0.3) is 0 Å². The molecule has 0 saturated carbocycles. The van der Waals surface area contributed by atoms with E-state index in [4.69, 9.17) is 4.74 Å². The van der Waals surface area contributed by atoms with Gasteiger partial charge in [0.1, 0.15) is 11.9 Å². The fourth-order valence-electron chi connectivity index (χ4n) is 8.10. The Hall–Kier alpha value is -6.06. The van der Waals surface area contributed by atoms with E-state index in [0.717, 1.165) is 22.8 Å². The predicted octanol–water partition coefficient (Wildman–Crippen LogP) is 11.3. The van der Waals surface area contributed by atoms with Crippen LogP contribution in [0.2, 0.25) is 0 Å². The number of nitrogens with one attached hydrogen (secondary N) is 1. The van der Waals surface area contributed by atoms with Crippen LogP contribution in [0.1, 0.15) is 23.0 Å². The average molecular weight is 631 g/mol. The van der Waals surface area contributed by atoms with Gasteiger partial charge in [0.2, 0.25) is 0 Å². The molecule has 0 bridgehead atoms. The molecule has 6 aromatic rings. The van der Waals surface area contributed by atoms with Crippen molar-refractivity contribution in [2.45, 2.75) is 24.0 Å². The van der Waals surface area contributed by atoms with Gasteiger partial charge in [0.15, 0.2) is 0 Å². The van der Waals surface area contributed by atoms with Crippen molar-refractivity contribution in [3.05, 3.63) is 193 Å². The van der Waals surface area contributed by atoms with Gasteiger partial charge in [-0.15, -0.1) is 0 Å². The summed E-state index contributed by atoms with van der Waals surface area (Å²) in [6.45, 7) is 0. The van der Waals surface area contributed by atoms with E-state index in [1.807, 2.05) is 0 Å². The summed E-state index contributed by atoms with van der Waals surface area (Å²) in [7, 11) is 0. The maximum Gasteiger partial charge on any atom is 0.130 e. The lowest BCUT2D eigenvalue weighted by molar-refractivity contribution is 0.268. The van der Waals surface area contributed by atoms with Crippen LogP contribution in [0.3, 0.4) is 0 Å². The third-order valence-electron chi connectivity index (χ3n) is 10.5. The van der Waals surface area contributed by atoms with Crippen molar-refractivity contribution in [2.75, 3.05) is 10.2 Å². The van der Waals surface area contributed by atoms with E-state index in [0.29, 0.717) is 12.0 Å². The van der Waals surface area contributed by atoms with Gasteiger partial charge in [0.05, 0.1) is 6.04 Å². The lowest BCUT2D eigenvalue weighted by atomic mass is 9.86. The van der Waals surface area contributed by atoms with E-state index in [9.17, 15) is 0 Å². The molecule has 234 valence electrons. The first-order chi connectivity index (χ1) is 24.3. The summed E-state index contributed by atoms with van der Waals surface area (Å²) in [5.74, 6) is 1.51. The molecule has 0 amide bonds. The third-order valence-corrected chi connectivity index (χ3v) is 10.5. The summed E-state index contributed by atoms with van der Waals surface area (Å²) in [4.78, 5) is 2.36. The molecular formula is C46H34N2O. The second-order valence-electron chi connectivity index (χ2n) is 13.3. The van der Waals surface area contributed by atoms with E-state index in [2.05, 4.69) is 186 Å². The number of fused-ring (bicyclic) bond motifs is 7. The van der Waals surface area contributed by atoms with Crippen molar-refractivity contribution in [1.29, 1.82) is 0 Å². The molecule has 0 aromatic heterocycles. The molecule has 0 radical (unpaired) electrons. The van der Waals surface area contributed by atoms with Crippen LogP contribution in [0.4, 0.5) is 17.1 Å². The molecule has 2 heterocycles. The normalized spacial score (nSPS) is 20.9. The van der Waals surface area contributed by atoms with Crippen LogP contribution in [0.15, 0.2) is 182 Å². The minimum absolute atomic E-state index is 0.0675. The maximum absolute atomic E-state index is 6.64. The second kappa shape index (κ2) is 11.3. The van der Waals surface area contributed by atoms with E-state index >= 15 is 0 Å². The summed E-state index contributed by atoms with van der Waals surface area (Å²) in [6, 6.07) is 48.5. The summed E-state index contributed by atoms with van der Waals surface area (Å²) in [5, 5.41) is 6.18. The molecule has 2 aliphatic heterocycles. The number of hydrogen-bond donors (Lipinski definition) is 1. The van der Waals surface area contributed by atoms with E-state index in [-0.39, 0.29) is 12.0 Å². The van der Waals surface area contributed by atoms with Crippen molar-refractivity contribution in [1.82, 2.24) is 0 Å². The number of allylic oxidation sites excluding steroid dienone is 3. The quantitative estimate of drug-likeness (QED) is 0.205. The van der Waals surface area contributed by atoms with Crippen LogP contribution < -0.4 is 15.0 Å². The first kappa shape index (κ1) is 28.0. The lowest BCUT2D eigenvalue weighted by Crippen LogP contribution is -2.24. The van der Waals surface area contributed by atoms with Crippen molar-refractivity contribution in [2.24, 2.45) is 0 Å². The number of nitrogens with zero attached hydrogens (tertiary/aromatic N) is 1. The summed E-state index contributed by atoms with van der Waals surface area (Å²) in [6.07, 6.45) is 15.7. The molecule has 49 heavy (non-hydrogen) atoms. The van der Waals surface area contributed by atoms with E-state index in [1.54, 1.807) is 0 Å². The number of rotatable bonds is 5. The molecule has 6 aromatic carbocycles. The predicted molar refractivity (Wildman–Crippen MR) is 203 cm³/mol. The van der Waals surface area contributed by atoms with Gasteiger partial charge in [-0.1, -0.05) is 121 Å². The molecule has 1 N–H and O–H groups in total. The zero-order chi connectivity index (χ0) is 32.3. The SMILES string of the molecule is C1=CC2Nc3cccc(-c4ccc(N(C5=CC6Oc7cc8ccccc8cc7C6C=C5)c5ccc(-c6ccccc6)cc5)cc4)c3C2C=C1. The average Bonchev–Trinajstić information content (AvgIpc) is 3.72. The Morgan fingerprint density at radius 1 is 0.571 bits per heavy atom. The van der Waals surface area contributed by atoms with Crippen LogP contribution >= 0.6 is 0 Å². The largest absolute Gasteiger partial charge is 0.485 e. The van der Waals surface area contributed by atoms with Gasteiger partial charge in [-0.25, -0.2) is 0 Å². The van der Waals surface area contributed by atoms with Gasteiger partial charge in [-0.2, -0.15) is 0 Å². The lowest BCUT2D eigenvalue weighted by Gasteiger charge is -2.30. The molecular weight excluding hydrogens is 597 g/mol. The smallest absolute Gasteiger partial charge is 0.130 e. The Balaban J connectivity index is 1.03. The van der Waals surface area contributed by atoms with Crippen LogP contribution in [-0.2, 0) is 0 Å². The van der Waals surface area contributed by atoms with Gasteiger partial charge < -0.3 is 15.0 Å². The van der Waals surface area contributed by atoms with Crippen LogP contribution in [0.25, 0.3) is 33.0 Å². The molecule has 10 rings (SSSR count). The van der Waals surface area contributed by atoms with Gasteiger partial charge in [0, 0.05) is 40.2 Å².